The second kappa shape index (κ2) is 5.92. The maximum Gasteiger partial charge on any atom is 0.262 e. The van der Waals surface area contributed by atoms with E-state index in [4.69, 9.17) is 9.26 Å². The lowest BCUT2D eigenvalue weighted by Gasteiger charge is -2.35. The third-order valence-electron chi connectivity index (χ3n) is 4.96. The fraction of sp³-hybridized carbons (Fsp3) is 0.500. The van der Waals surface area contributed by atoms with Crippen molar-refractivity contribution in [1.29, 1.82) is 0 Å². The Balaban J connectivity index is 1.54. The van der Waals surface area contributed by atoms with Gasteiger partial charge in [-0.05, 0) is 24.5 Å². The van der Waals surface area contributed by atoms with Crippen LogP contribution in [0.3, 0.4) is 0 Å². The Morgan fingerprint density at radius 1 is 1.25 bits per heavy atom. The van der Waals surface area contributed by atoms with Crippen molar-refractivity contribution in [2.24, 2.45) is 0 Å². The van der Waals surface area contributed by atoms with Crippen LogP contribution in [0.4, 0.5) is 0 Å². The fourth-order valence-electron chi connectivity index (χ4n) is 3.70. The highest BCUT2D eigenvalue weighted by atomic mass is 16.5. The monoisotopic (exact) mass is 327 g/mol. The molecule has 0 spiro atoms. The summed E-state index contributed by atoms with van der Waals surface area (Å²) in [7, 11) is 0. The minimum absolute atomic E-state index is 0.101. The van der Waals surface area contributed by atoms with Gasteiger partial charge < -0.3 is 14.6 Å². The van der Waals surface area contributed by atoms with Crippen LogP contribution >= 0.6 is 0 Å². The first-order chi connectivity index (χ1) is 11.7. The molecule has 1 atom stereocenters. The van der Waals surface area contributed by atoms with Crippen molar-refractivity contribution in [2.45, 2.75) is 57.1 Å². The number of aromatic nitrogens is 2. The maximum atomic E-state index is 12.8. The summed E-state index contributed by atoms with van der Waals surface area (Å²) in [6.45, 7) is 1.77. The predicted molar refractivity (Wildman–Crippen MR) is 86.5 cm³/mol. The van der Waals surface area contributed by atoms with Gasteiger partial charge in [0, 0.05) is 13.3 Å². The largest absolute Gasteiger partial charge is 0.480 e. The number of hydrogen-bond acceptors (Lipinski definition) is 5. The quantitative estimate of drug-likeness (QED) is 0.938. The molecule has 126 valence electrons. The summed E-state index contributed by atoms with van der Waals surface area (Å²) in [5.74, 6) is 1.80. The molecule has 0 radical (unpaired) electrons. The highest BCUT2D eigenvalue weighted by Crippen LogP contribution is 2.36. The van der Waals surface area contributed by atoms with Crippen molar-refractivity contribution in [3.05, 3.63) is 41.5 Å². The highest BCUT2D eigenvalue weighted by molar-refractivity contribution is 5.83. The summed E-state index contributed by atoms with van der Waals surface area (Å²) in [5, 5.41) is 7.28. The van der Waals surface area contributed by atoms with Crippen LogP contribution in [0.2, 0.25) is 0 Å². The van der Waals surface area contributed by atoms with E-state index in [1.165, 1.54) is 6.42 Å². The number of fused-ring (bicyclic) bond motifs is 1. The molecule has 4 rings (SSSR count). The summed E-state index contributed by atoms with van der Waals surface area (Å²) in [4.78, 5) is 17.2. The lowest BCUT2D eigenvalue weighted by molar-refractivity contribution is -0.130. The second-order valence-corrected chi connectivity index (χ2v) is 6.69. The summed E-state index contributed by atoms with van der Waals surface area (Å²) in [6, 6.07) is 7.79. The average Bonchev–Trinajstić information content (AvgIpc) is 3.22. The summed E-state index contributed by atoms with van der Waals surface area (Å²) in [6.07, 6.45) is 5.02. The molecule has 0 bridgehead atoms. The molecule has 1 amide bonds. The van der Waals surface area contributed by atoms with Gasteiger partial charge in [0.1, 0.15) is 11.3 Å². The van der Waals surface area contributed by atoms with E-state index in [1.807, 2.05) is 24.3 Å². The predicted octanol–water partition coefficient (Wildman–Crippen LogP) is 2.66. The van der Waals surface area contributed by atoms with Gasteiger partial charge in [-0.25, -0.2) is 0 Å². The van der Waals surface area contributed by atoms with Crippen molar-refractivity contribution in [2.75, 3.05) is 0 Å². The Morgan fingerprint density at radius 2 is 2.04 bits per heavy atom. The molecule has 1 aromatic heterocycles. The number of ether oxygens (including phenoxy) is 1. The normalized spacial score (nSPS) is 21.8. The number of nitrogens with zero attached hydrogens (tertiary/aromatic N) is 2. The number of nitrogens with one attached hydrogen (secondary N) is 1. The Kier molecular flexibility index (Phi) is 3.75. The number of benzene rings is 1. The smallest absolute Gasteiger partial charge is 0.262 e. The highest BCUT2D eigenvalue weighted by Gasteiger charge is 2.42. The Labute approximate surface area is 140 Å². The Bertz CT molecular complexity index is 724. The minimum atomic E-state index is -0.536. The van der Waals surface area contributed by atoms with E-state index in [0.717, 1.165) is 37.0 Å². The van der Waals surface area contributed by atoms with Crippen LogP contribution in [0.15, 0.2) is 28.8 Å². The van der Waals surface area contributed by atoms with Crippen molar-refractivity contribution < 1.29 is 14.1 Å². The molecule has 2 aliphatic rings. The first-order valence-electron chi connectivity index (χ1n) is 8.54. The molecule has 24 heavy (non-hydrogen) atoms. The molecule has 0 unspecified atom stereocenters. The number of carbonyl (C=O) groups excluding carboxylic acids is 1. The average molecular weight is 327 g/mol. The van der Waals surface area contributed by atoms with E-state index in [-0.39, 0.29) is 5.91 Å². The molecule has 2 heterocycles. The summed E-state index contributed by atoms with van der Waals surface area (Å²) >= 11 is 0. The summed E-state index contributed by atoms with van der Waals surface area (Å²) in [5.41, 5.74) is 0.538. The lowest BCUT2D eigenvalue weighted by atomic mass is 9.80. The molecule has 2 aromatic rings. The van der Waals surface area contributed by atoms with Crippen molar-refractivity contribution >= 4 is 5.91 Å². The van der Waals surface area contributed by atoms with Crippen LogP contribution in [-0.4, -0.2) is 22.2 Å². The standard InChI is InChI=1S/C18H21N3O3/c1-12-19-17(21-24-12)18(9-5-2-6-10-18)20-16(22)15-11-13-7-3-4-8-14(13)23-15/h3-4,7-8,15H,2,5-6,9-11H2,1H3,(H,20,22)/t15-/m0/s1. The molecular weight excluding hydrogens is 306 g/mol. The minimum Gasteiger partial charge on any atom is -0.480 e. The van der Waals surface area contributed by atoms with Gasteiger partial charge in [-0.1, -0.05) is 42.6 Å². The number of rotatable bonds is 3. The van der Waals surface area contributed by atoms with E-state index in [9.17, 15) is 4.79 Å². The number of carbonyl (C=O) groups is 1. The Morgan fingerprint density at radius 3 is 2.75 bits per heavy atom. The molecule has 1 N–H and O–H groups in total. The van der Waals surface area contributed by atoms with E-state index in [1.54, 1.807) is 6.92 Å². The van der Waals surface area contributed by atoms with Crippen molar-refractivity contribution in [3.63, 3.8) is 0 Å². The number of para-hydroxylation sites is 1. The van der Waals surface area contributed by atoms with E-state index in [2.05, 4.69) is 15.5 Å². The van der Waals surface area contributed by atoms with Gasteiger partial charge in [-0.2, -0.15) is 4.98 Å². The van der Waals surface area contributed by atoms with Crippen LogP contribution in [0.5, 0.6) is 5.75 Å². The van der Waals surface area contributed by atoms with Gasteiger partial charge in [-0.3, -0.25) is 4.79 Å². The van der Waals surface area contributed by atoms with Crippen molar-refractivity contribution in [3.8, 4) is 5.75 Å². The number of hydrogen-bond donors (Lipinski definition) is 1. The first kappa shape index (κ1) is 15.2. The third-order valence-corrected chi connectivity index (χ3v) is 4.96. The third kappa shape index (κ3) is 2.66. The SMILES string of the molecule is Cc1nc(C2(NC(=O)[C@@H]3Cc4ccccc4O3)CCCCC2)no1. The topological polar surface area (TPSA) is 77.2 Å². The molecular formula is C18H21N3O3. The second-order valence-electron chi connectivity index (χ2n) is 6.69. The number of aryl methyl sites for hydroxylation is 1. The maximum absolute atomic E-state index is 12.8. The molecule has 1 aromatic carbocycles. The molecule has 1 saturated carbocycles. The van der Waals surface area contributed by atoms with E-state index in [0.29, 0.717) is 18.1 Å². The van der Waals surface area contributed by atoms with Gasteiger partial charge in [0.05, 0.1) is 0 Å². The van der Waals surface area contributed by atoms with Crippen molar-refractivity contribution in [1.82, 2.24) is 15.5 Å². The zero-order valence-electron chi connectivity index (χ0n) is 13.7. The van der Waals surface area contributed by atoms with Crippen LogP contribution in [0, 0.1) is 6.92 Å². The van der Waals surface area contributed by atoms with Gasteiger partial charge in [0.15, 0.2) is 11.9 Å². The zero-order chi connectivity index (χ0) is 16.6. The van der Waals surface area contributed by atoms with Gasteiger partial charge in [0.25, 0.3) is 5.91 Å². The van der Waals surface area contributed by atoms with Gasteiger partial charge >= 0.3 is 0 Å². The molecule has 1 fully saturated rings. The molecule has 6 heteroatoms. The van der Waals surface area contributed by atoms with Crippen LogP contribution in [-0.2, 0) is 16.8 Å². The molecule has 1 aliphatic carbocycles. The van der Waals surface area contributed by atoms with Gasteiger partial charge in [0.2, 0.25) is 5.89 Å². The van der Waals surface area contributed by atoms with Crippen LogP contribution in [0.25, 0.3) is 0 Å². The zero-order valence-corrected chi connectivity index (χ0v) is 13.7. The van der Waals surface area contributed by atoms with Crippen LogP contribution < -0.4 is 10.1 Å². The Hall–Kier alpha value is -2.37. The van der Waals surface area contributed by atoms with E-state index < -0.39 is 11.6 Å². The van der Waals surface area contributed by atoms with Gasteiger partial charge in [-0.15, -0.1) is 0 Å². The van der Waals surface area contributed by atoms with Crippen LogP contribution in [0.1, 0.15) is 49.4 Å². The van der Waals surface area contributed by atoms with E-state index >= 15 is 0 Å². The number of amides is 1. The first-order valence-corrected chi connectivity index (χ1v) is 8.54. The fourth-order valence-corrected chi connectivity index (χ4v) is 3.70. The summed E-state index contributed by atoms with van der Waals surface area (Å²) < 4.78 is 11.0. The molecule has 1 aliphatic heterocycles. The molecule has 0 saturated heterocycles. The molecule has 6 nitrogen and oxygen atoms in total. The lowest BCUT2D eigenvalue weighted by Crippen LogP contribution is -2.52.